The van der Waals surface area contributed by atoms with Crippen LogP contribution in [0.2, 0.25) is 0 Å². The van der Waals surface area contributed by atoms with E-state index in [4.69, 9.17) is 4.98 Å². The second-order valence-corrected chi connectivity index (χ2v) is 8.52. The Morgan fingerprint density at radius 1 is 1.40 bits per heavy atom. The van der Waals surface area contributed by atoms with Crippen molar-refractivity contribution in [3.63, 3.8) is 0 Å². The molecule has 0 amide bonds. The van der Waals surface area contributed by atoms with E-state index in [9.17, 15) is 0 Å². The minimum absolute atomic E-state index is 0.337. The molecule has 0 aromatic carbocycles. The van der Waals surface area contributed by atoms with Crippen LogP contribution >= 0.6 is 22.7 Å². The maximum Gasteiger partial charge on any atom is 0.0991 e. The quantitative estimate of drug-likeness (QED) is 0.939. The van der Waals surface area contributed by atoms with E-state index in [1.807, 2.05) is 11.3 Å². The highest BCUT2D eigenvalue weighted by Gasteiger charge is 2.34. The van der Waals surface area contributed by atoms with Crippen LogP contribution in [0.3, 0.4) is 0 Å². The van der Waals surface area contributed by atoms with Crippen molar-refractivity contribution in [2.24, 2.45) is 5.41 Å². The molecule has 0 aliphatic heterocycles. The van der Waals surface area contributed by atoms with Gasteiger partial charge in [0.1, 0.15) is 0 Å². The van der Waals surface area contributed by atoms with Crippen LogP contribution in [0.25, 0.3) is 0 Å². The van der Waals surface area contributed by atoms with Crippen molar-refractivity contribution in [3.05, 3.63) is 31.7 Å². The predicted molar refractivity (Wildman–Crippen MR) is 85.7 cm³/mol. The number of nitrogens with zero attached hydrogens (tertiary/aromatic N) is 2. The number of thiazole rings is 2. The molecular formula is C15H21N3S2. The zero-order valence-electron chi connectivity index (χ0n) is 12.5. The first-order chi connectivity index (χ1) is 9.47. The third kappa shape index (κ3) is 2.80. The first kappa shape index (κ1) is 14.2. The third-order valence-electron chi connectivity index (χ3n) is 3.84. The van der Waals surface area contributed by atoms with Gasteiger partial charge in [-0.3, -0.25) is 0 Å². The summed E-state index contributed by atoms with van der Waals surface area (Å²) in [5.74, 6) is 0. The topological polar surface area (TPSA) is 37.8 Å². The van der Waals surface area contributed by atoms with Gasteiger partial charge < -0.3 is 5.32 Å². The summed E-state index contributed by atoms with van der Waals surface area (Å²) in [6.07, 6.45) is 3.15. The van der Waals surface area contributed by atoms with E-state index in [1.54, 1.807) is 11.3 Å². The fourth-order valence-corrected chi connectivity index (χ4v) is 4.76. The Hall–Kier alpha value is -0.780. The largest absolute Gasteiger partial charge is 0.312 e. The highest BCUT2D eigenvalue weighted by molar-refractivity contribution is 7.12. The molecule has 3 rings (SSSR count). The van der Waals surface area contributed by atoms with Gasteiger partial charge in [-0.25, -0.2) is 9.97 Å². The first-order valence-corrected chi connectivity index (χ1v) is 8.73. The van der Waals surface area contributed by atoms with Gasteiger partial charge in [-0.05, 0) is 32.2 Å². The van der Waals surface area contributed by atoms with E-state index in [2.05, 4.69) is 43.5 Å². The lowest BCUT2D eigenvalue weighted by Gasteiger charge is -2.34. The summed E-state index contributed by atoms with van der Waals surface area (Å²) in [4.78, 5) is 10.9. The lowest BCUT2D eigenvalue weighted by molar-refractivity contribution is 0.265. The Balaban J connectivity index is 1.88. The molecule has 1 aliphatic rings. The van der Waals surface area contributed by atoms with E-state index in [-0.39, 0.29) is 0 Å². The molecule has 0 fully saturated rings. The number of hydrogen-bond acceptors (Lipinski definition) is 5. The molecule has 3 nitrogen and oxygen atoms in total. The Labute approximate surface area is 128 Å². The molecule has 0 saturated heterocycles. The summed E-state index contributed by atoms with van der Waals surface area (Å²) in [6, 6.07) is 0.456. The maximum absolute atomic E-state index is 4.89. The van der Waals surface area contributed by atoms with Crippen molar-refractivity contribution in [2.75, 3.05) is 7.05 Å². The van der Waals surface area contributed by atoms with Gasteiger partial charge in [0.2, 0.25) is 0 Å². The van der Waals surface area contributed by atoms with Crippen molar-refractivity contribution in [1.82, 2.24) is 15.3 Å². The molecule has 1 N–H and O–H groups in total. The molecule has 1 atom stereocenters. The van der Waals surface area contributed by atoms with E-state index < -0.39 is 0 Å². The van der Waals surface area contributed by atoms with Gasteiger partial charge in [0.05, 0.1) is 21.4 Å². The summed E-state index contributed by atoms with van der Waals surface area (Å²) in [5.41, 5.74) is 2.79. The Morgan fingerprint density at radius 3 is 2.85 bits per heavy atom. The lowest BCUT2D eigenvalue weighted by Crippen LogP contribution is -2.30. The van der Waals surface area contributed by atoms with Gasteiger partial charge in [0.25, 0.3) is 0 Å². The second-order valence-electron chi connectivity index (χ2n) is 6.34. The SMILES string of the molecule is CNC1CC(C)(C)Cc2nc(Cc3csc(C)n3)sc21. The molecule has 1 aliphatic carbocycles. The van der Waals surface area contributed by atoms with Crippen LogP contribution in [0, 0.1) is 12.3 Å². The molecule has 5 heteroatoms. The first-order valence-electron chi connectivity index (χ1n) is 7.03. The average Bonchev–Trinajstić information content (AvgIpc) is 2.93. The fourth-order valence-electron chi connectivity index (χ4n) is 2.94. The number of nitrogens with one attached hydrogen (secondary N) is 1. The summed E-state index contributed by atoms with van der Waals surface area (Å²) in [5, 5.41) is 7.94. The van der Waals surface area contributed by atoms with Crippen LogP contribution in [-0.2, 0) is 12.8 Å². The van der Waals surface area contributed by atoms with E-state index in [0.29, 0.717) is 11.5 Å². The van der Waals surface area contributed by atoms with Crippen LogP contribution in [0.5, 0.6) is 0 Å². The minimum Gasteiger partial charge on any atom is -0.312 e. The van der Waals surface area contributed by atoms with Gasteiger partial charge in [0, 0.05) is 22.7 Å². The predicted octanol–water partition coefficient (Wildman–Crippen LogP) is 3.73. The van der Waals surface area contributed by atoms with Crippen LogP contribution in [0.4, 0.5) is 0 Å². The van der Waals surface area contributed by atoms with Crippen LogP contribution in [0.15, 0.2) is 5.38 Å². The van der Waals surface area contributed by atoms with E-state index >= 15 is 0 Å². The van der Waals surface area contributed by atoms with E-state index in [1.165, 1.54) is 22.0 Å². The van der Waals surface area contributed by atoms with Crippen molar-refractivity contribution in [2.45, 2.75) is 46.1 Å². The number of rotatable bonds is 3. The Kier molecular flexibility index (Phi) is 3.69. The van der Waals surface area contributed by atoms with Crippen molar-refractivity contribution in [3.8, 4) is 0 Å². The third-order valence-corrected chi connectivity index (χ3v) is 5.87. The van der Waals surface area contributed by atoms with Gasteiger partial charge >= 0.3 is 0 Å². The monoisotopic (exact) mass is 307 g/mol. The standard InChI is InChI=1S/C15H21N3S2/c1-9-17-10(8-19-9)5-13-18-12-7-15(2,3)6-11(16-4)14(12)20-13/h8,11,16H,5-7H2,1-4H3. The number of hydrogen-bond donors (Lipinski definition) is 1. The molecule has 2 heterocycles. The van der Waals surface area contributed by atoms with Gasteiger partial charge in [-0.2, -0.15) is 0 Å². The molecule has 2 aromatic heterocycles. The number of aromatic nitrogens is 2. The number of aryl methyl sites for hydroxylation is 1. The van der Waals surface area contributed by atoms with Gasteiger partial charge in [0.15, 0.2) is 0 Å². The van der Waals surface area contributed by atoms with Crippen LogP contribution < -0.4 is 5.32 Å². The van der Waals surface area contributed by atoms with Gasteiger partial charge in [-0.15, -0.1) is 22.7 Å². The van der Waals surface area contributed by atoms with Crippen molar-refractivity contribution < 1.29 is 0 Å². The van der Waals surface area contributed by atoms with Crippen LogP contribution in [0.1, 0.15) is 52.6 Å². The van der Waals surface area contributed by atoms with Crippen molar-refractivity contribution >= 4 is 22.7 Å². The fraction of sp³-hybridized carbons (Fsp3) is 0.600. The average molecular weight is 307 g/mol. The Bertz CT molecular complexity index is 612. The van der Waals surface area contributed by atoms with E-state index in [0.717, 1.165) is 23.5 Å². The zero-order valence-corrected chi connectivity index (χ0v) is 14.1. The Morgan fingerprint density at radius 2 is 2.20 bits per heavy atom. The molecule has 1 unspecified atom stereocenters. The normalized spacial score (nSPS) is 20.9. The lowest BCUT2D eigenvalue weighted by atomic mass is 9.76. The minimum atomic E-state index is 0.337. The second kappa shape index (κ2) is 5.20. The summed E-state index contributed by atoms with van der Waals surface area (Å²) in [6.45, 7) is 6.73. The number of fused-ring (bicyclic) bond motifs is 1. The molecule has 20 heavy (non-hydrogen) atoms. The molecule has 108 valence electrons. The summed E-state index contributed by atoms with van der Waals surface area (Å²) in [7, 11) is 2.05. The molecule has 2 aromatic rings. The van der Waals surface area contributed by atoms with Crippen LogP contribution in [-0.4, -0.2) is 17.0 Å². The maximum atomic E-state index is 4.89. The van der Waals surface area contributed by atoms with Gasteiger partial charge in [-0.1, -0.05) is 13.8 Å². The molecular weight excluding hydrogens is 286 g/mol. The zero-order chi connectivity index (χ0) is 14.3. The highest BCUT2D eigenvalue weighted by Crippen LogP contribution is 2.43. The highest BCUT2D eigenvalue weighted by atomic mass is 32.1. The smallest absolute Gasteiger partial charge is 0.0991 e. The van der Waals surface area contributed by atoms with Crippen molar-refractivity contribution in [1.29, 1.82) is 0 Å². The molecule has 0 spiro atoms. The summed E-state index contributed by atoms with van der Waals surface area (Å²) >= 11 is 3.58. The molecule has 0 bridgehead atoms. The molecule has 0 saturated carbocycles. The summed E-state index contributed by atoms with van der Waals surface area (Å²) < 4.78 is 0. The molecule has 0 radical (unpaired) electrons.